The number of hydrogen-bond acceptors (Lipinski definition) is 3. The van der Waals surface area contributed by atoms with Gasteiger partial charge in [-0.25, -0.2) is 0 Å². The Morgan fingerprint density at radius 1 is 1.11 bits per heavy atom. The van der Waals surface area contributed by atoms with Crippen molar-refractivity contribution in [3.63, 3.8) is 0 Å². The fourth-order valence-corrected chi connectivity index (χ4v) is 3.38. The quantitative estimate of drug-likeness (QED) is 0.867. The maximum atomic E-state index is 5.76. The van der Waals surface area contributed by atoms with E-state index in [1.54, 1.807) is 0 Å². The van der Waals surface area contributed by atoms with E-state index in [1.807, 2.05) is 0 Å². The number of fused-ring (bicyclic) bond motifs is 3. The smallest absolute Gasteiger partial charge is 0.0607 e. The fourth-order valence-electron chi connectivity index (χ4n) is 3.38. The molecule has 3 nitrogen and oxygen atoms in total. The molecule has 2 N–H and O–H groups in total. The van der Waals surface area contributed by atoms with E-state index in [0.717, 1.165) is 19.6 Å². The number of nitrogens with zero attached hydrogens (tertiary/aromatic N) is 2. The molecule has 1 atom stereocenters. The Bertz CT molecular complexity index is 404. The number of nitrogens with two attached hydrogens (primary N) is 1. The second-order valence-corrected chi connectivity index (χ2v) is 5.42. The minimum atomic E-state index is 0.689. The molecule has 0 spiro atoms. The second kappa shape index (κ2) is 5.19. The average molecular weight is 245 g/mol. The SMILES string of the molecule is NCCN1C[C@@H]2CCCCCN2c2ccccc21. The summed E-state index contributed by atoms with van der Waals surface area (Å²) in [4.78, 5) is 5.11. The zero-order valence-corrected chi connectivity index (χ0v) is 11.0. The zero-order valence-electron chi connectivity index (χ0n) is 11.0. The topological polar surface area (TPSA) is 32.5 Å². The van der Waals surface area contributed by atoms with Crippen LogP contribution in [0.25, 0.3) is 0 Å². The Morgan fingerprint density at radius 3 is 2.78 bits per heavy atom. The van der Waals surface area contributed by atoms with Gasteiger partial charge in [-0.1, -0.05) is 25.0 Å². The standard InChI is InChI=1S/C15H23N3/c16-9-11-17-12-13-6-2-1-5-10-18(13)15-8-4-3-7-14(15)17/h3-4,7-8,13H,1-2,5-6,9-12,16H2/t13-/m0/s1. The Kier molecular flexibility index (Phi) is 3.41. The highest BCUT2D eigenvalue weighted by Crippen LogP contribution is 2.37. The third kappa shape index (κ3) is 2.07. The first-order valence-electron chi connectivity index (χ1n) is 7.21. The van der Waals surface area contributed by atoms with Crippen LogP contribution in [-0.2, 0) is 0 Å². The van der Waals surface area contributed by atoms with Gasteiger partial charge in [0.15, 0.2) is 0 Å². The van der Waals surface area contributed by atoms with Gasteiger partial charge in [0.05, 0.1) is 11.4 Å². The molecule has 98 valence electrons. The van der Waals surface area contributed by atoms with Crippen molar-refractivity contribution < 1.29 is 0 Å². The van der Waals surface area contributed by atoms with E-state index >= 15 is 0 Å². The van der Waals surface area contributed by atoms with Gasteiger partial charge in [0.2, 0.25) is 0 Å². The molecule has 1 aromatic rings. The molecule has 2 heterocycles. The van der Waals surface area contributed by atoms with Gasteiger partial charge in [-0.3, -0.25) is 0 Å². The van der Waals surface area contributed by atoms with Crippen LogP contribution in [0.15, 0.2) is 24.3 Å². The van der Waals surface area contributed by atoms with Gasteiger partial charge in [-0.2, -0.15) is 0 Å². The summed E-state index contributed by atoms with van der Waals surface area (Å²) in [5.41, 5.74) is 8.56. The molecule has 0 radical (unpaired) electrons. The van der Waals surface area contributed by atoms with Crippen molar-refractivity contribution in [2.45, 2.75) is 31.7 Å². The summed E-state index contributed by atoms with van der Waals surface area (Å²) in [7, 11) is 0. The molecule has 1 aromatic carbocycles. The molecule has 3 heteroatoms. The summed E-state index contributed by atoms with van der Waals surface area (Å²) in [6, 6.07) is 9.50. The molecule has 18 heavy (non-hydrogen) atoms. The first-order chi connectivity index (χ1) is 8.90. The predicted molar refractivity (Wildman–Crippen MR) is 77.3 cm³/mol. The molecular weight excluding hydrogens is 222 g/mol. The maximum Gasteiger partial charge on any atom is 0.0607 e. The maximum absolute atomic E-state index is 5.76. The van der Waals surface area contributed by atoms with Crippen molar-refractivity contribution in [2.75, 3.05) is 36.0 Å². The first kappa shape index (κ1) is 11.8. The highest BCUT2D eigenvalue weighted by atomic mass is 15.3. The molecule has 2 aliphatic heterocycles. The number of para-hydroxylation sites is 2. The first-order valence-corrected chi connectivity index (χ1v) is 7.21. The number of anilines is 2. The summed E-state index contributed by atoms with van der Waals surface area (Å²) in [6.07, 6.45) is 5.42. The summed E-state index contributed by atoms with van der Waals surface area (Å²) in [6.45, 7) is 4.08. The monoisotopic (exact) mass is 245 g/mol. The zero-order chi connectivity index (χ0) is 12.4. The Hall–Kier alpha value is -1.22. The summed E-state index contributed by atoms with van der Waals surface area (Å²) >= 11 is 0. The van der Waals surface area contributed by atoms with Crippen molar-refractivity contribution in [1.29, 1.82) is 0 Å². The summed E-state index contributed by atoms with van der Waals surface area (Å²) < 4.78 is 0. The lowest BCUT2D eigenvalue weighted by Crippen LogP contribution is -2.49. The lowest BCUT2D eigenvalue weighted by molar-refractivity contribution is 0.539. The van der Waals surface area contributed by atoms with Crippen molar-refractivity contribution in [3.8, 4) is 0 Å². The normalized spacial score (nSPS) is 23.3. The lowest BCUT2D eigenvalue weighted by Gasteiger charge is -2.44. The van der Waals surface area contributed by atoms with Crippen molar-refractivity contribution in [2.24, 2.45) is 5.73 Å². The molecule has 0 bridgehead atoms. The molecule has 0 aromatic heterocycles. The van der Waals surface area contributed by atoms with Crippen LogP contribution in [0.3, 0.4) is 0 Å². The van der Waals surface area contributed by atoms with Gasteiger partial charge >= 0.3 is 0 Å². The largest absolute Gasteiger partial charge is 0.367 e. The summed E-state index contributed by atoms with van der Waals surface area (Å²) in [5.74, 6) is 0. The molecule has 0 aliphatic carbocycles. The van der Waals surface area contributed by atoms with Gasteiger partial charge in [0.25, 0.3) is 0 Å². The van der Waals surface area contributed by atoms with Gasteiger partial charge in [-0.15, -0.1) is 0 Å². The van der Waals surface area contributed by atoms with Gasteiger partial charge in [0, 0.05) is 32.2 Å². The molecular formula is C15H23N3. The number of hydrogen-bond donors (Lipinski definition) is 1. The molecule has 0 amide bonds. The molecule has 0 unspecified atom stereocenters. The highest BCUT2D eigenvalue weighted by molar-refractivity contribution is 5.74. The van der Waals surface area contributed by atoms with Crippen LogP contribution in [0.4, 0.5) is 11.4 Å². The van der Waals surface area contributed by atoms with Gasteiger partial charge < -0.3 is 15.5 Å². The number of rotatable bonds is 2. The third-order valence-electron chi connectivity index (χ3n) is 4.24. The lowest BCUT2D eigenvalue weighted by atomic mass is 10.0. The van der Waals surface area contributed by atoms with Crippen molar-refractivity contribution in [1.82, 2.24) is 0 Å². The van der Waals surface area contributed by atoms with E-state index in [9.17, 15) is 0 Å². The van der Waals surface area contributed by atoms with Crippen molar-refractivity contribution >= 4 is 11.4 Å². The highest BCUT2D eigenvalue weighted by Gasteiger charge is 2.30. The fraction of sp³-hybridized carbons (Fsp3) is 0.600. The summed E-state index contributed by atoms with van der Waals surface area (Å²) in [5, 5.41) is 0. The van der Waals surface area contributed by atoms with Crippen LogP contribution in [0.1, 0.15) is 25.7 Å². The molecule has 3 rings (SSSR count). The van der Waals surface area contributed by atoms with E-state index in [1.165, 1.54) is 43.6 Å². The Balaban J connectivity index is 1.95. The van der Waals surface area contributed by atoms with Crippen LogP contribution in [-0.4, -0.2) is 32.2 Å². The Labute approximate surface area is 110 Å². The van der Waals surface area contributed by atoms with E-state index in [0.29, 0.717) is 6.04 Å². The molecule has 1 saturated heterocycles. The van der Waals surface area contributed by atoms with E-state index in [2.05, 4.69) is 34.1 Å². The van der Waals surface area contributed by atoms with Crippen LogP contribution in [0.2, 0.25) is 0 Å². The van der Waals surface area contributed by atoms with E-state index in [4.69, 9.17) is 5.73 Å². The molecule has 1 fully saturated rings. The van der Waals surface area contributed by atoms with Gasteiger partial charge in [-0.05, 0) is 25.0 Å². The Morgan fingerprint density at radius 2 is 1.94 bits per heavy atom. The average Bonchev–Trinajstić information content (AvgIpc) is 2.64. The minimum Gasteiger partial charge on any atom is -0.367 e. The van der Waals surface area contributed by atoms with Crippen LogP contribution in [0.5, 0.6) is 0 Å². The number of benzene rings is 1. The van der Waals surface area contributed by atoms with Crippen LogP contribution in [0, 0.1) is 0 Å². The van der Waals surface area contributed by atoms with E-state index < -0.39 is 0 Å². The van der Waals surface area contributed by atoms with Crippen LogP contribution >= 0.6 is 0 Å². The minimum absolute atomic E-state index is 0.689. The second-order valence-electron chi connectivity index (χ2n) is 5.42. The predicted octanol–water partition coefficient (Wildman–Crippen LogP) is 2.21. The van der Waals surface area contributed by atoms with Crippen molar-refractivity contribution in [3.05, 3.63) is 24.3 Å². The van der Waals surface area contributed by atoms with E-state index in [-0.39, 0.29) is 0 Å². The van der Waals surface area contributed by atoms with Gasteiger partial charge in [0.1, 0.15) is 0 Å². The van der Waals surface area contributed by atoms with Crippen LogP contribution < -0.4 is 15.5 Å². The molecule has 0 saturated carbocycles. The molecule has 2 aliphatic rings. The third-order valence-corrected chi connectivity index (χ3v) is 4.24.